The van der Waals surface area contributed by atoms with Crippen LogP contribution in [-0.2, 0) is 16.6 Å². The van der Waals surface area contributed by atoms with Gasteiger partial charge >= 0.3 is 0 Å². The van der Waals surface area contributed by atoms with Crippen molar-refractivity contribution < 1.29 is 19.4 Å². The first kappa shape index (κ1) is 15.5. The number of aliphatic hydroxyl groups is 1. The van der Waals surface area contributed by atoms with Crippen molar-refractivity contribution in [3.8, 4) is 17.2 Å². The molecular formula is C21H25NO4. The SMILES string of the molecule is COc1c2cc3c(c1O2)C12CCN(CC4CC4)[C@H](C3)[C@]1(O)CCC(=O)C2. The van der Waals surface area contributed by atoms with Crippen LogP contribution in [0.25, 0.3) is 0 Å². The molecule has 1 unspecified atom stereocenters. The van der Waals surface area contributed by atoms with Gasteiger partial charge in [-0.2, -0.15) is 0 Å². The van der Waals surface area contributed by atoms with Gasteiger partial charge in [0.25, 0.3) is 0 Å². The average molecular weight is 355 g/mol. The molecule has 0 radical (unpaired) electrons. The highest BCUT2D eigenvalue weighted by molar-refractivity contribution is 5.84. The molecule has 3 atom stereocenters. The predicted molar refractivity (Wildman–Crippen MR) is 95.0 cm³/mol. The zero-order chi connectivity index (χ0) is 17.7. The summed E-state index contributed by atoms with van der Waals surface area (Å²) < 4.78 is 11.4. The molecule has 5 heteroatoms. The number of rotatable bonds is 3. The molecule has 138 valence electrons. The molecule has 1 saturated heterocycles. The van der Waals surface area contributed by atoms with Crippen LogP contribution in [0.3, 0.4) is 0 Å². The third kappa shape index (κ3) is 1.71. The summed E-state index contributed by atoms with van der Waals surface area (Å²) >= 11 is 0. The van der Waals surface area contributed by atoms with Crippen LogP contribution in [0.2, 0.25) is 0 Å². The first-order valence-electron chi connectivity index (χ1n) is 9.96. The Balaban J connectivity index is 1.54. The molecule has 3 fully saturated rings. The second kappa shape index (κ2) is 4.82. The van der Waals surface area contributed by atoms with E-state index in [1.54, 1.807) is 7.11 Å². The number of piperidine rings is 1. The number of ketones is 1. The second-order valence-electron chi connectivity index (χ2n) is 9.00. The zero-order valence-electron chi connectivity index (χ0n) is 15.2. The molecule has 6 aliphatic rings. The Morgan fingerprint density at radius 1 is 1.38 bits per heavy atom. The van der Waals surface area contributed by atoms with Gasteiger partial charge in [0, 0.05) is 36.4 Å². The van der Waals surface area contributed by atoms with Crippen molar-refractivity contribution >= 4 is 5.78 Å². The van der Waals surface area contributed by atoms with Gasteiger partial charge in [-0.15, -0.1) is 0 Å². The molecule has 3 aliphatic carbocycles. The first-order valence-corrected chi connectivity index (χ1v) is 9.96. The fourth-order valence-corrected chi connectivity index (χ4v) is 6.30. The number of carbonyl (C=O) groups excluding carboxylic acids is 1. The van der Waals surface area contributed by atoms with Crippen LogP contribution in [0.1, 0.15) is 49.7 Å². The van der Waals surface area contributed by atoms with Gasteiger partial charge in [0.15, 0.2) is 11.5 Å². The molecule has 1 aromatic carbocycles. The molecular weight excluding hydrogens is 330 g/mol. The summed E-state index contributed by atoms with van der Waals surface area (Å²) in [5, 5.41) is 12.0. The van der Waals surface area contributed by atoms with Gasteiger partial charge in [-0.3, -0.25) is 9.69 Å². The number of hydrogen-bond acceptors (Lipinski definition) is 5. The summed E-state index contributed by atoms with van der Waals surface area (Å²) in [5.41, 5.74) is 0.972. The van der Waals surface area contributed by atoms with Crippen molar-refractivity contribution in [2.75, 3.05) is 20.2 Å². The summed E-state index contributed by atoms with van der Waals surface area (Å²) in [6.45, 7) is 2.05. The highest BCUT2D eigenvalue weighted by Crippen LogP contribution is 2.65. The average Bonchev–Trinajstić information content (AvgIpc) is 3.42. The summed E-state index contributed by atoms with van der Waals surface area (Å²) in [5.74, 6) is 3.44. The monoisotopic (exact) mass is 355 g/mol. The van der Waals surface area contributed by atoms with E-state index in [-0.39, 0.29) is 11.8 Å². The Hall–Kier alpha value is -1.59. The van der Waals surface area contributed by atoms with Crippen molar-refractivity contribution in [2.45, 2.75) is 62.0 Å². The van der Waals surface area contributed by atoms with Crippen molar-refractivity contribution in [3.05, 3.63) is 17.2 Å². The number of benzene rings is 1. The summed E-state index contributed by atoms with van der Waals surface area (Å²) in [6, 6.07) is 2.21. The third-order valence-electron chi connectivity index (χ3n) is 7.71. The Morgan fingerprint density at radius 2 is 2.23 bits per heavy atom. The lowest BCUT2D eigenvalue weighted by molar-refractivity contribution is -0.173. The molecule has 1 N–H and O–H groups in total. The van der Waals surface area contributed by atoms with Crippen LogP contribution in [0, 0.1) is 5.92 Å². The smallest absolute Gasteiger partial charge is 0.204 e. The molecule has 0 spiro atoms. The van der Waals surface area contributed by atoms with Crippen LogP contribution >= 0.6 is 0 Å². The van der Waals surface area contributed by atoms with E-state index < -0.39 is 11.0 Å². The molecule has 4 bridgehead atoms. The highest BCUT2D eigenvalue weighted by atomic mass is 16.6. The minimum absolute atomic E-state index is 0.115. The Morgan fingerprint density at radius 3 is 3.00 bits per heavy atom. The van der Waals surface area contributed by atoms with Gasteiger partial charge in [0.05, 0.1) is 12.7 Å². The molecule has 2 saturated carbocycles. The molecule has 1 aromatic rings. The van der Waals surface area contributed by atoms with E-state index in [0.717, 1.165) is 54.7 Å². The van der Waals surface area contributed by atoms with Crippen molar-refractivity contribution in [1.29, 1.82) is 0 Å². The summed E-state index contributed by atoms with van der Waals surface area (Å²) in [6.07, 6.45) is 5.81. The number of methoxy groups -OCH3 is 1. The predicted octanol–water partition coefficient (Wildman–Crippen LogP) is 2.56. The lowest BCUT2D eigenvalue weighted by Crippen LogP contribution is -2.73. The van der Waals surface area contributed by atoms with Gasteiger partial charge in [-0.1, -0.05) is 0 Å². The van der Waals surface area contributed by atoms with Gasteiger partial charge in [0.1, 0.15) is 5.78 Å². The van der Waals surface area contributed by atoms with E-state index in [2.05, 4.69) is 11.0 Å². The van der Waals surface area contributed by atoms with Crippen LogP contribution in [0.4, 0.5) is 0 Å². The zero-order valence-corrected chi connectivity index (χ0v) is 15.2. The normalized spacial score (nSPS) is 37.3. The van der Waals surface area contributed by atoms with Gasteiger partial charge in [0.2, 0.25) is 5.75 Å². The number of hydrogen-bond donors (Lipinski definition) is 1. The maximum Gasteiger partial charge on any atom is 0.204 e. The fourth-order valence-electron chi connectivity index (χ4n) is 6.30. The van der Waals surface area contributed by atoms with Crippen molar-refractivity contribution in [1.82, 2.24) is 4.90 Å². The largest absolute Gasteiger partial charge is 0.490 e. The van der Waals surface area contributed by atoms with Gasteiger partial charge in [-0.05, 0) is 56.2 Å². The maximum absolute atomic E-state index is 12.5. The van der Waals surface area contributed by atoms with Crippen molar-refractivity contribution in [2.24, 2.45) is 5.92 Å². The number of Topliss-reactive ketones (excluding diaryl/α,β-unsaturated/α-hetero) is 1. The second-order valence-corrected chi connectivity index (χ2v) is 9.00. The molecule has 7 rings (SSSR count). The topological polar surface area (TPSA) is 59.0 Å². The third-order valence-corrected chi connectivity index (χ3v) is 7.71. The fraction of sp³-hybridized carbons (Fsp3) is 0.667. The van der Waals surface area contributed by atoms with Crippen LogP contribution in [-0.4, -0.2) is 47.6 Å². The number of nitrogens with zero attached hydrogens (tertiary/aromatic N) is 1. The Labute approximate surface area is 153 Å². The Bertz CT molecular complexity index is 832. The Kier molecular flexibility index (Phi) is 2.86. The number of carbonyl (C=O) groups is 1. The van der Waals surface area contributed by atoms with Crippen LogP contribution in [0.15, 0.2) is 6.07 Å². The van der Waals surface area contributed by atoms with E-state index in [1.807, 2.05) is 0 Å². The first-order chi connectivity index (χ1) is 12.6. The maximum atomic E-state index is 12.5. The van der Waals surface area contributed by atoms with Gasteiger partial charge < -0.3 is 14.6 Å². The number of ether oxygens (including phenoxy) is 2. The van der Waals surface area contributed by atoms with E-state index in [1.165, 1.54) is 18.4 Å². The van der Waals surface area contributed by atoms with Crippen LogP contribution in [0.5, 0.6) is 17.2 Å². The van der Waals surface area contributed by atoms with E-state index >= 15 is 0 Å². The molecule has 0 aromatic heterocycles. The van der Waals surface area contributed by atoms with Crippen molar-refractivity contribution in [3.63, 3.8) is 0 Å². The lowest BCUT2D eigenvalue weighted by Gasteiger charge is -2.64. The van der Waals surface area contributed by atoms with E-state index in [0.29, 0.717) is 19.3 Å². The van der Waals surface area contributed by atoms with Crippen LogP contribution < -0.4 is 9.47 Å². The summed E-state index contributed by atoms with van der Waals surface area (Å²) in [4.78, 5) is 15.0. The molecule has 5 nitrogen and oxygen atoms in total. The molecule has 26 heavy (non-hydrogen) atoms. The molecule has 0 amide bonds. The minimum atomic E-state index is -0.844. The molecule has 3 aliphatic heterocycles. The quantitative estimate of drug-likeness (QED) is 0.917. The standard InChI is InChI=1S/C21H25NO4/c1-25-18-15-8-13-9-16-21(24)5-4-14(23)10-20(21,17(13)19(18)26-15)6-7-22(16)11-12-2-3-12/h8,12,16,24H,2-7,9-11H2,1H3/t16-,20?,21-/m1/s1. The van der Waals surface area contributed by atoms with E-state index in [9.17, 15) is 9.90 Å². The number of likely N-dealkylation sites (tertiary alicyclic amines) is 1. The van der Waals surface area contributed by atoms with Gasteiger partial charge in [-0.25, -0.2) is 0 Å². The summed E-state index contributed by atoms with van der Waals surface area (Å²) in [7, 11) is 1.66. The highest BCUT2D eigenvalue weighted by Gasteiger charge is 2.66. The van der Waals surface area contributed by atoms with E-state index in [4.69, 9.17) is 9.47 Å². The molecule has 3 heterocycles. The lowest BCUT2D eigenvalue weighted by atomic mass is 9.49. The minimum Gasteiger partial charge on any atom is -0.490 e.